The Morgan fingerprint density at radius 1 is 1.18 bits per heavy atom. The molecule has 1 aliphatic rings. The van der Waals surface area contributed by atoms with Gasteiger partial charge in [0.15, 0.2) is 5.76 Å². The Morgan fingerprint density at radius 3 is 2.64 bits per heavy atom. The Balaban J connectivity index is 1.54. The van der Waals surface area contributed by atoms with Crippen molar-refractivity contribution in [1.29, 1.82) is 0 Å². The molecule has 0 aliphatic heterocycles. The van der Waals surface area contributed by atoms with Gasteiger partial charge in [-0.05, 0) is 49.2 Å². The highest BCUT2D eigenvalue weighted by molar-refractivity contribution is 5.91. The van der Waals surface area contributed by atoms with Crippen LogP contribution in [-0.2, 0) is 6.61 Å². The van der Waals surface area contributed by atoms with Crippen LogP contribution in [0.4, 0.5) is 4.39 Å². The Morgan fingerprint density at radius 2 is 1.91 bits per heavy atom. The minimum Gasteiger partial charge on any atom is -0.486 e. The van der Waals surface area contributed by atoms with Crippen molar-refractivity contribution in [1.82, 2.24) is 5.32 Å². The molecule has 1 aromatic carbocycles. The maximum Gasteiger partial charge on any atom is 0.287 e. The Labute approximate surface area is 128 Å². The van der Waals surface area contributed by atoms with Gasteiger partial charge in [-0.2, -0.15) is 0 Å². The maximum absolute atomic E-state index is 12.8. The quantitative estimate of drug-likeness (QED) is 0.917. The molecular formula is C17H18FNO3. The van der Waals surface area contributed by atoms with Gasteiger partial charge in [0.1, 0.15) is 23.9 Å². The van der Waals surface area contributed by atoms with Crippen LogP contribution in [0.15, 0.2) is 40.8 Å². The van der Waals surface area contributed by atoms with Gasteiger partial charge in [-0.1, -0.05) is 12.8 Å². The summed E-state index contributed by atoms with van der Waals surface area (Å²) in [4.78, 5) is 12.0. The van der Waals surface area contributed by atoms with E-state index in [1.54, 1.807) is 24.3 Å². The van der Waals surface area contributed by atoms with Crippen LogP contribution < -0.4 is 10.1 Å². The molecule has 0 atom stereocenters. The van der Waals surface area contributed by atoms with Crippen LogP contribution in [-0.4, -0.2) is 11.9 Å². The molecule has 0 saturated heterocycles. The first-order chi connectivity index (χ1) is 10.7. The molecule has 1 heterocycles. The van der Waals surface area contributed by atoms with Crippen LogP contribution in [0.2, 0.25) is 0 Å². The van der Waals surface area contributed by atoms with Crippen LogP contribution in [0.5, 0.6) is 5.75 Å². The van der Waals surface area contributed by atoms with Crippen LogP contribution in [0.1, 0.15) is 42.0 Å². The SMILES string of the molecule is O=C(NC1CCCC1)c1ccc(COc2ccc(F)cc2)o1. The van der Waals surface area contributed by atoms with Gasteiger partial charge in [0, 0.05) is 6.04 Å². The minimum atomic E-state index is -0.309. The van der Waals surface area contributed by atoms with Gasteiger partial charge >= 0.3 is 0 Å². The molecule has 2 aromatic rings. The van der Waals surface area contributed by atoms with Crippen molar-refractivity contribution in [2.24, 2.45) is 0 Å². The van der Waals surface area contributed by atoms with Gasteiger partial charge in [0.05, 0.1) is 0 Å². The van der Waals surface area contributed by atoms with E-state index in [9.17, 15) is 9.18 Å². The molecule has 5 heteroatoms. The number of furan rings is 1. The smallest absolute Gasteiger partial charge is 0.287 e. The lowest BCUT2D eigenvalue weighted by Crippen LogP contribution is -2.32. The molecule has 0 radical (unpaired) electrons. The second-order valence-corrected chi connectivity index (χ2v) is 5.46. The number of benzene rings is 1. The number of amides is 1. The summed E-state index contributed by atoms with van der Waals surface area (Å²) in [5.74, 6) is 0.913. The maximum atomic E-state index is 12.8. The molecule has 1 amide bonds. The van der Waals surface area contributed by atoms with Crippen LogP contribution in [0.3, 0.4) is 0 Å². The lowest BCUT2D eigenvalue weighted by Gasteiger charge is -2.09. The van der Waals surface area contributed by atoms with Gasteiger partial charge in [-0.3, -0.25) is 4.79 Å². The molecule has 1 fully saturated rings. The summed E-state index contributed by atoms with van der Waals surface area (Å²) < 4.78 is 23.8. The lowest BCUT2D eigenvalue weighted by atomic mass is 10.2. The van der Waals surface area contributed by atoms with E-state index in [1.165, 1.54) is 25.0 Å². The third kappa shape index (κ3) is 3.67. The van der Waals surface area contributed by atoms with Crippen molar-refractivity contribution < 1.29 is 18.3 Å². The first kappa shape index (κ1) is 14.6. The van der Waals surface area contributed by atoms with Gasteiger partial charge < -0.3 is 14.5 Å². The van der Waals surface area contributed by atoms with Gasteiger partial charge in [-0.15, -0.1) is 0 Å². The predicted molar refractivity (Wildman–Crippen MR) is 79.2 cm³/mol. The highest BCUT2D eigenvalue weighted by Gasteiger charge is 2.19. The highest BCUT2D eigenvalue weighted by Crippen LogP contribution is 2.19. The topological polar surface area (TPSA) is 51.5 Å². The molecule has 4 nitrogen and oxygen atoms in total. The number of nitrogens with one attached hydrogen (secondary N) is 1. The number of halogens is 1. The number of ether oxygens (including phenoxy) is 1. The van der Waals surface area contributed by atoms with Crippen LogP contribution in [0, 0.1) is 5.82 Å². The molecule has 0 unspecified atom stereocenters. The summed E-state index contributed by atoms with van der Waals surface area (Å²) >= 11 is 0. The number of hydrogen-bond acceptors (Lipinski definition) is 3. The summed E-state index contributed by atoms with van der Waals surface area (Å²) in [6.07, 6.45) is 4.40. The third-order valence-corrected chi connectivity index (χ3v) is 3.77. The molecule has 116 valence electrons. The molecule has 0 bridgehead atoms. The summed E-state index contributed by atoms with van der Waals surface area (Å²) in [7, 11) is 0. The molecule has 22 heavy (non-hydrogen) atoms. The Hall–Kier alpha value is -2.30. The van der Waals surface area contributed by atoms with Crippen molar-refractivity contribution in [3.8, 4) is 5.75 Å². The van der Waals surface area contributed by atoms with Crippen LogP contribution >= 0.6 is 0 Å². The fourth-order valence-corrected chi connectivity index (χ4v) is 2.59. The second kappa shape index (κ2) is 6.64. The molecule has 0 spiro atoms. The Kier molecular flexibility index (Phi) is 4.42. The zero-order valence-corrected chi connectivity index (χ0v) is 12.2. The first-order valence-corrected chi connectivity index (χ1v) is 7.48. The standard InChI is InChI=1S/C17H18FNO3/c18-12-5-7-14(8-6-12)21-11-15-9-10-16(22-15)17(20)19-13-3-1-2-4-13/h5-10,13H,1-4,11H2,(H,19,20). The van der Waals surface area contributed by atoms with E-state index in [0.717, 1.165) is 12.8 Å². The highest BCUT2D eigenvalue weighted by atomic mass is 19.1. The van der Waals surface area contributed by atoms with E-state index in [2.05, 4.69) is 5.32 Å². The number of rotatable bonds is 5. The normalized spacial score (nSPS) is 15.0. The van der Waals surface area contributed by atoms with Crippen molar-refractivity contribution >= 4 is 5.91 Å². The van der Waals surface area contributed by atoms with Gasteiger partial charge in [-0.25, -0.2) is 4.39 Å². The molecule has 1 aromatic heterocycles. The second-order valence-electron chi connectivity index (χ2n) is 5.46. The minimum absolute atomic E-state index is 0.181. The monoisotopic (exact) mass is 303 g/mol. The number of carbonyl (C=O) groups is 1. The van der Waals surface area contributed by atoms with E-state index >= 15 is 0 Å². The summed E-state index contributed by atoms with van der Waals surface area (Å²) in [5.41, 5.74) is 0. The fraction of sp³-hybridized carbons (Fsp3) is 0.353. The van der Waals surface area contributed by atoms with E-state index in [0.29, 0.717) is 17.3 Å². The van der Waals surface area contributed by atoms with Crippen molar-refractivity contribution in [3.63, 3.8) is 0 Å². The zero-order valence-electron chi connectivity index (χ0n) is 12.2. The first-order valence-electron chi connectivity index (χ1n) is 7.48. The molecule has 1 N–H and O–H groups in total. The van der Waals surface area contributed by atoms with Crippen molar-refractivity contribution in [2.45, 2.75) is 38.3 Å². The number of carbonyl (C=O) groups excluding carboxylic acids is 1. The zero-order chi connectivity index (χ0) is 15.4. The van der Waals surface area contributed by atoms with Crippen molar-refractivity contribution in [2.75, 3.05) is 0 Å². The van der Waals surface area contributed by atoms with E-state index in [1.807, 2.05) is 0 Å². The molecule has 1 aliphatic carbocycles. The van der Waals surface area contributed by atoms with Crippen LogP contribution in [0.25, 0.3) is 0 Å². The third-order valence-electron chi connectivity index (χ3n) is 3.77. The van der Waals surface area contributed by atoms with E-state index in [4.69, 9.17) is 9.15 Å². The summed E-state index contributed by atoms with van der Waals surface area (Å²) in [5, 5.41) is 2.97. The summed E-state index contributed by atoms with van der Waals surface area (Å²) in [6.45, 7) is 0.197. The Bertz CT molecular complexity index is 630. The molecular weight excluding hydrogens is 285 g/mol. The van der Waals surface area contributed by atoms with Gasteiger partial charge in [0.2, 0.25) is 0 Å². The largest absolute Gasteiger partial charge is 0.486 e. The fourth-order valence-electron chi connectivity index (χ4n) is 2.59. The predicted octanol–water partition coefficient (Wildman–Crippen LogP) is 3.67. The van der Waals surface area contributed by atoms with Crippen molar-refractivity contribution in [3.05, 3.63) is 53.7 Å². The van der Waals surface area contributed by atoms with Gasteiger partial charge in [0.25, 0.3) is 5.91 Å². The average Bonchev–Trinajstić information content (AvgIpc) is 3.18. The van der Waals surface area contributed by atoms with E-state index < -0.39 is 0 Å². The molecule has 3 rings (SSSR count). The van der Waals surface area contributed by atoms with E-state index in [-0.39, 0.29) is 24.4 Å². The average molecular weight is 303 g/mol. The molecule has 1 saturated carbocycles. The number of hydrogen-bond donors (Lipinski definition) is 1. The lowest BCUT2D eigenvalue weighted by molar-refractivity contribution is 0.0905. The summed E-state index contributed by atoms with van der Waals surface area (Å²) in [6, 6.07) is 9.38.